The van der Waals surface area contributed by atoms with Gasteiger partial charge in [-0.25, -0.2) is 4.98 Å². The van der Waals surface area contributed by atoms with Crippen molar-refractivity contribution in [3.05, 3.63) is 164 Å². The fraction of sp³-hybridized carbons (Fsp3) is 0. The topological polar surface area (TPSA) is 30.2 Å². The number of benzene rings is 8. The maximum absolute atomic E-state index is 5.19. The molecular weight excluding hydrogens is 595 g/mol. The molecule has 0 aliphatic carbocycles. The molecule has 0 amide bonds. The molecule has 8 aromatic carbocycles. The second-order valence-corrected chi connectivity index (χ2v) is 13.0. The zero-order valence-electron chi connectivity index (χ0n) is 26.4. The Balaban J connectivity index is 1.14. The molecule has 0 bridgehead atoms. The average Bonchev–Trinajstić information content (AvgIpc) is 3.57. The van der Waals surface area contributed by atoms with Crippen molar-refractivity contribution < 1.29 is 0 Å². The van der Waals surface area contributed by atoms with E-state index in [0.717, 1.165) is 38.5 Å². The van der Waals surface area contributed by atoms with E-state index in [2.05, 4.69) is 156 Å². The van der Waals surface area contributed by atoms with Gasteiger partial charge in [-0.3, -0.25) is 9.38 Å². The predicted octanol–water partition coefficient (Wildman–Crippen LogP) is 12.1. The number of hydrogen-bond donors (Lipinski definition) is 0. The van der Waals surface area contributed by atoms with E-state index >= 15 is 0 Å². The van der Waals surface area contributed by atoms with Gasteiger partial charge < -0.3 is 0 Å². The number of nitrogens with zero attached hydrogens (tertiary/aromatic N) is 3. The molecular formula is C46H27N3. The summed E-state index contributed by atoms with van der Waals surface area (Å²) in [5.74, 6) is 0. The Labute approximate surface area is 281 Å². The van der Waals surface area contributed by atoms with Crippen LogP contribution in [-0.2, 0) is 0 Å². The molecule has 49 heavy (non-hydrogen) atoms. The molecule has 11 rings (SSSR count). The van der Waals surface area contributed by atoms with Gasteiger partial charge in [-0.15, -0.1) is 0 Å². The van der Waals surface area contributed by atoms with Crippen LogP contribution in [0.15, 0.2) is 164 Å². The van der Waals surface area contributed by atoms with Gasteiger partial charge in [-0.05, 0) is 96.4 Å². The highest BCUT2D eigenvalue weighted by Gasteiger charge is 2.17. The minimum absolute atomic E-state index is 0.940. The van der Waals surface area contributed by atoms with Crippen molar-refractivity contribution in [2.45, 2.75) is 0 Å². The smallest absolute Gasteiger partial charge is 0.148 e. The fourth-order valence-electron chi connectivity index (χ4n) is 8.12. The molecule has 0 atom stereocenters. The number of pyridine rings is 2. The van der Waals surface area contributed by atoms with Gasteiger partial charge in [0.1, 0.15) is 5.65 Å². The number of rotatable bonds is 2. The summed E-state index contributed by atoms with van der Waals surface area (Å²) in [6, 6.07) is 57.2. The summed E-state index contributed by atoms with van der Waals surface area (Å²) < 4.78 is 2.33. The van der Waals surface area contributed by atoms with Gasteiger partial charge in [0.05, 0.1) is 27.5 Å². The Hall–Kier alpha value is -6.58. The lowest BCUT2D eigenvalue weighted by Crippen LogP contribution is -1.94. The Kier molecular flexibility index (Phi) is 5.38. The molecule has 226 valence electrons. The van der Waals surface area contributed by atoms with Crippen molar-refractivity contribution in [3.63, 3.8) is 0 Å². The summed E-state index contributed by atoms with van der Waals surface area (Å²) in [6.07, 6.45) is 1.88. The minimum Gasteiger partial charge on any atom is -0.292 e. The number of hydrogen-bond acceptors (Lipinski definition) is 2. The Bertz CT molecular complexity index is 3130. The number of aromatic nitrogens is 3. The van der Waals surface area contributed by atoms with Crippen LogP contribution in [0.25, 0.3) is 104 Å². The number of imidazole rings is 1. The summed E-state index contributed by atoms with van der Waals surface area (Å²) in [5.41, 5.74) is 9.90. The molecule has 0 radical (unpaired) electrons. The fourth-order valence-corrected chi connectivity index (χ4v) is 8.12. The molecule has 3 heterocycles. The van der Waals surface area contributed by atoms with Gasteiger partial charge in [0, 0.05) is 17.0 Å². The van der Waals surface area contributed by atoms with E-state index in [0.29, 0.717) is 0 Å². The van der Waals surface area contributed by atoms with E-state index in [1.807, 2.05) is 12.3 Å². The lowest BCUT2D eigenvalue weighted by molar-refractivity contribution is 1.31. The normalized spacial score (nSPS) is 12.1. The van der Waals surface area contributed by atoms with Gasteiger partial charge in [-0.1, -0.05) is 121 Å². The van der Waals surface area contributed by atoms with Crippen molar-refractivity contribution in [1.29, 1.82) is 0 Å². The van der Waals surface area contributed by atoms with Gasteiger partial charge >= 0.3 is 0 Å². The van der Waals surface area contributed by atoms with Crippen LogP contribution in [0.2, 0.25) is 0 Å². The molecule has 0 aliphatic rings. The third-order valence-electron chi connectivity index (χ3n) is 10.4. The molecule has 3 aromatic heterocycles. The highest BCUT2D eigenvalue weighted by atomic mass is 15.0. The van der Waals surface area contributed by atoms with Crippen LogP contribution in [0, 0.1) is 0 Å². The first kappa shape index (κ1) is 26.5. The van der Waals surface area contributed by atoms with Crippen molar-refractivity contribution in [2.24, 2.45) is 0 Å². The molecule has 0 fully saturated rings. The summed E-state index contributed by atoms with van der Waals surface area (Å²) in [6.45, 7) is 0. The van der Waals surface area contributed by atoms with Gasteiger partial charge in [-0.2, -0.15) is 0 Å². The van der Waals surface area contributed by atoms with Gasteiger partial charge in [0.15, 0.2) is 0 Å². The number of fused-ring (bicyclic) bond motifs is 16. The van der Waals surface area contributed by atoms with Crippen LogP contribution in [0.5, 0.6) is 0 Å². The number of para-hydroxylation sites is 2. The first-order valence-electron chi connectivity index (χ1n) is 16.7. The zero-order valence-corrected chi connectivity index (χ0v) is 26.4. The van der Waals surface area contributed by atoms with E-state index in [-0.39, 0.29) is 0 Å². The van der Waals surface area contributed by atoms with Crippen LogP contribution in [0.1, 0.15) is 0 Å². The van der Waals surface area contributed by atoms with Crippen LogP contribution in [-0.4, -0.2) is 14.4 Å². The summed E-state index contributed by atoms with van der Waals surface area (Å²) >= 11 is 0. The minimum atomic E-state index is 0.940. The SMILES string of the molecule is c1cc(-c2ccc3c4ccccc4c4ccccc4c3c2)cc(-c2ccc3c4ccc5cccnc5c4c4nc5ccccc5n4c3c2)c1. The lowest BCUT2D eigenvalue weighted by Gasteiger charge is -2.14. The van der Waals surface area contributed by atoms with Crippen LogP contribution in [0.4, 0.5) is 0 Å². The molecule has 0 saturated heterocycles. The Morgan fingerprint density at radius 1 is 0.388 bits per heavy atom. The quantitative estimate of drug-likeness (QED) is 0.180. The van der Waals surface area contributed by atoms with Crippen molar-refractivity contribution in [2.75, 3.05) is 0 Å². The molecule has 0 N–H and O–H groups in total. The van der Waals surface area contributed by atoms with E-state index in [1.54, 1.807) is 0 Å². The summed E-state index contributed by atoms with van der Waals surface area (Å²) in [7, 11) is 0. The predicted molar refractivity (Wildman–Crippen MR) is 206 cm³/mol. The molecule has 0 unspecified atom stereocenters. The van der Waals surface area contributed by atoms with Crippen molar-refractivity contribution in [3.8, 4) is 22.3 Å². The molecule has 3 nitrogen and oxygen atoms in total. The first-order chi connectivity index (χ1) is 24.3. The monoisotopic (exact) mass is 621 g/mol. The molecule has 0 aliphatic heterocycles. The van der Waals surface area contributed by atoms with Crippen molar-refractivity contribution in [1.82, 2.24) is 14.4 Å². The third kappa shape index (κ3) is 3.78. The maximum Gasteiger partial charge on any atom is 0.148 e. The highest BCUT2D eigenvalue weighted by molar-refractivity contribution is 6.26. The molecule has 0 spiro atoms. The Morgan fingerprint density at radius 2 is 1.00 bits per heavy atom. The maximum atomic E-state index is 5.19. The average molecular weight is 622 g/mol. The Morgan fingerprint density at radius 3 is 1.78 bits per heavy atom. The van der Waals surface area contributed by atoms with E-state index in [1.165, 1.54) is 65.3 Å². The largest absolute Gasteiger partial charge is 0.292 e. The van der Waals surface area contributed by atoms with Crippen LogP contribution >= 0.6 is 0 Å². The van der Waals surface area contributed by atoms with E-state index in [9.17, 15) is 0 Å². The second kappa shape index (κ2) is 9.96. The highest BCUT2D eigenvalue weighted by Crippen LogP contribution is 2.40. The molecule has 11 aromatic rings. The van der Waals surface area contributed by atoms with Crippen LogP contribution < -0.4 is 0 Å². The lowest BCUT2D eigenvalue weighted by atomic mass is 9.91. The standard InChI is InChI=1S/C46H27N3/c1-2-14-35-33(12-1)34-13-3-4-15-36(34)40-26-31(19-21-37(35)40)29-9-7-10-30(25-29)32-20-22-38-39-23-18-28-11-8-24-47-45(28)44(39)46-48-41-16-5-6-17-42(41)49(46)43(38)27-32/h1-27H. The third-order valence-corrected chi connectivity index (χ3v) is 10.4. The zero-order chi connectivity index (χ0) is 32.1. The van der Waals surface area contributed by atoms with E-state index < -0.39 is 0 Å². The first-order valence-corrected chi connectivity index (χ1v) is 16.7. The second-order valence-electron chi connectivity index (χ2n) is 13.0. The van der Waals surface area contributed by atoms with Gasteiger partial charge in [0.2, 0.25) is 0 Å². The molecule has 0 saturated carbocycles. The summed E-state index contributed by atoms with van der Waals surface area (Å²) in [5, 5.41) is 12.3. The van der Waals surface area contributed by atoms with Crippen LogP contribution in [0.3, 0.4) is 0 Å². The van der Waals surface area contributed by atoms with E-state index in [4.69, 9.17) is 9.97 Å². The summed E-state index contributed by atoms with van der Waals surface area (Å²) in [4.78, 5) is 10.0. The molecule has 3 heteroatoms. The van der Waals surface area contributed by atoms with Crippen molar-refractivity contribution >= 4 is 81.6 Å². The van der Waals surface area contributed by atoms with Gasteiger partial charge in [0.25, 0.3) is 0 Å².